The van der Waals surface area contributed by atoms with Crippen LogP contribution in [-0.4, -0.2) is 58.3 Å². The summed E-state index contributed by atoms with van der Waals surface area (Å²) in [6.45, 7) is 0.449. The molecule has 0 bridgehead atoms. The summed E-state index contributed by atoms with van der Waals surface area (Å²) >= 11 is 0. The minimum Gasteiger partial charge on any atom is -0.395 e. The van der Waals surface area contributed by atoms with Crippen molar-refractivity contribution in [1.82, 2.24) is 9.03 Å². The molecular weight excluding hydrogens is 196 g/mol. The van der Waals surface area contributed by atoms with Gasteiger partial charge in [0.05, 0.1) is 13.2 Å². The number of methoxy groups -OCH3 is 1. The monoisotopic (exact) mass is 212 g/mol. The van der Waals surface area contributed by atoms with Gasteiger partial charge in [-0.3, -0.25) is 0 Å². The van der Waals surface area contributed by atoms with Gasteiger partial charge in [-0.25, -0.2) is 0 Å². The minimum absolute atomic E-state index is 0.0856. The molecule has 2 N–H and O–H groups in total. The Morgan fingerprint density at radius 1 is 1.54 bits per heavy atom. The van der Waals surface area contributed by atoms with Crippen molar-refractivity contribution >= 4 is 10.2 Å². The summed E-state index contributed by atoms with van der Waals surface area (Å²) in [5.74, 6) is 0. The van der Waals surface area contributed by atoms with Gasteiger partial charge >= 0.3 is 0 Å². The lowest BCUT2D eigenvalue weighted by Crippen LogP contribution is -2.40. The van der Waals surface area contributed by atoms with Crippen molar-refractivity contribution < 1.29 is 18.3 Å². The van der Waals surface area contributed by atoms with Crippen molar-refractivity contribution in [3.63, 3.8) is 0 Å². The number of aliphatic hydroxyl groups excluding tert-OH is 1. The van der Waals surface area contributed by atoms with E-state index in [4.69, 9.17) is 5.11 Å². The van der Waals surface area contributed by atoms with Crippen LogP contribution in [0, 0.1) is 0 Å². The average Bonchev–Trinajstić information content (AvgIpc) is 2.05. The highest BCUT2D eigenvalue weighted by Gasteiger charge is 2.15. The molecule has 7 heteroatoms. The topological polar surface area (TPSA) is 78.9 Å². The Hall–Kier alpha value is -0.210. The standard InChI is InChI=1S/C6H16N2O4S/c1-8(4-5-9)13(10,11)7-3-6-12-2/h7,9H,3-6H2,1-2H3. The molecule has 0 radical (unpaired) electrons. The van der Waals surface area contributed by atoms with Gasteiger partial charge in [0.2, 0.25) is 0 Å². The summed E-state index contributed by atoms with van der Waals surface area (Å²) in [4.78, 5) is 0. The van der Waals surface area contributed by atoms with Crippen molar-refractivity contribution in [2.45, 2.75) is 0 Å². The molecule has 13 heavy (non-hydrogen) atoms. The summed E-state index contributed by atoms with van der Waals surface area (Å²) in [6, 6.07) is 0. The first kappa shape index (κ1) is 12.8. The Bertz CT molecular complexity index is 217. The van der Waals surface area contributed by atoms with Gasteiger partial charge in [-0.15, -0.1) is 0 Å². The number of nitrogens with one attached hydrogen (secondary N) is 1. The first-order valence-electron chi connectivity index (χ1n) is 3.85. The quantitative estimate of drug-likeness (QED) is 0.498. The molecule has 6 nitrogen and oxygen atoms in total. The summed E-state index contributed by atoms with van der Waals surface area (Å²) < 4.78 is 30.5. The lowest BCUT2D eigenvalue weighted by molar-refractivity contribution is 0.203. The smallest absolute Gasteiger partial charge is 0.279 e. The van der Waals surface area contributed by atoms with Crippen LogP contribution < -0.4 is 4.72 Å². The Balaban J connectivity index is 3.92. The summed E-state index contributed by atoms with van der Waals surface area (Å²) in [5.41, 5.74) is 0. The molecule has 0 saturated carbocycles. The molecule has 0 heterocycles. The third-order valence-corrected chi connectivity index (χ3v) is 2.99. The van der Waals surface area contributed by atoms with Crippen LogP contribution >= 0.6 is 0 Å². The summed E-state index contributed by atoms with van der Waals surface area (Å²) in [6.07, 6.45) is 0. The number of aliphatic hydroxyl groups is 1. The molecule has 0 fully saturated rings. The number of likely N-dealkylation sites (N-methyl/N-ethyl adjacent to an activating group) is 1. The second-order valence-electron chi connectivity index (χ2n) is 2.44. The molecule has 0 atom stereocenters. The van der Waals surface area contributed by atoms with Crippen LogP contribution in [0.3, 0.4) is 0 Å². The first-order valence-corrected chi connectivity index (χ1v) is 5.29. The molecule has 0 aliphatic rings. The molecule has 0 aromatic heterocycles. The number of hydrogen-bond acceptors (Lipinski definition) is 4. The molecule has 0 rings (SSSR count). The van der Waals surface area contributed by atoms with Gasteiger partial charge in [0.25, 0.3) is 10.2 Å². The molecule has 0 saturated heterocycles. The van der Waals surface area contributed by atoms with Crippen LogP contribution in [0.5, 0.6) is 0 Å². The number of hydrogen-bond donors (Lipinski definition) is 2. The van der Waals surface area contributed by atoms with Crippen molar-refractivity contribution in [2.24, 2.45) is 0 Å². The molecule has 0 amide bonds. The Morgan fingerprint density at radius 3 is 2.62 bits per heavy atom. The fraction of sp³-hybridized carbons (Fsp3) is 1.00. The van der Waals surface area contributed by atoms with Crippen LogP contribution in [0.25, 0.3) is 0 Å². The SMILES string of the molecule is COCCNS(=O)(=O)N(C)CCO. The average molecular weight is 212 g/mol. The van der Waals surface area contributed by atoms with E-state index < -0.39 is 10.2 Å². The van der Waals surface area contributed by atoms with Crippen LogP contribution in [0.4, 0.5) is 0 Å². The molecule has 0 aliphatic heterocycles. The lowest BCUT2D eigenvalue weighted by Gasteiger charge is -2.15. The van der Waals surface area contributed by atoms with Crippen LogP contribution in [-0.2, 0) is 14.9 Å². The Kier molecular flexibility index (Phi) is 6.17. The van der Waals surface area contributed by atoms with Crippen molar-refractivity contribution in [2.75, 3.05) is 40.5 Å². The van der Waals surface area contributed by atoms with E-state index in [9.17, 15) is 8.42 Å². The highest BCUT2D eigenvalue weighted by Crippen LogP contribution is 1.91. The maximum atomic E-state index is 11.2. The second kappa shape index (κ2) is 6.28. The fourth-order valence-corrected chi connectivity index (χ4v) is 1.53. The Labute approximate surface area is 78.7 Å². The fourth-order valence-electron chi connectivity index (χ4n) is 0.644. The van der Waals surface area contributed by atoms with Gasteiger partial charge in [0.15, 0.2) is 0 Å². The molecular formula is C6H16N2O4S. The third kappa shape index (κ3) is 5.17. The first-order chi connectivity index (χ1) is 6.04. The molecule has 0 aromatic carbocycles. The lowest BCUT2D eigenvalue weighted by atomic mass is 10.7. The summed E-state index contributed by atoms with van der Waals surface area (Å²) in [5, 5.41) is 8.51. The predicted molar refractivity (Wildman–Crippen MR) is 48.5 cm³/mol. The van der Waals surface area contributed by atoms with Gasteiger partial charge in [-0.2, -0.15) is 17.4 Å². The number of rotatable bonds is 7. The molecule has 0 spiro atoms. The van der Waals surface area contributed by atoms with Gasteiger partial charge in [0, 0.05) is 27.2 Å². The van der Waals surface area contributed by atoms with Gasteiger partial charge in [0.1, 0.15) is 0 Å². The van der Waals surface area contributed by atoms with E-state index in [1.807, 2.05) is 0 Å². The van der Waals surface area contributed by atoms with Crippen LogP contribution in [0.2, 0.25) is 0 Å². The van der Waals surface area contributed by atoms with E-state index in [1.54, 1.807) is 0 Å². The predicted octanol–water partition coefficient (Wildman–Crippen LogP) is -1.61. The van der Waals surface area contributed by atoms with E-state index in [0.717, 1.165) is 4.31 Å². The van der Waals surface area contributed by atoms with E-state index in [0.29, 0.717) is 6.61 Å². The maximum absolute atomic E-state index is 11.2. The number of nitrogens with zero attached hydrogens (tertiary/aromatic N) is 1. The molecule has 0 unspecified atom stereocenters. The second-order valence-corrected chi connectivity index (χ2v) is 4.30. The van der Waals surface area contributed by atoms with Crippen molar-refractivity contribution in [1.29, 1.82) is 0 Å². The van der Waals surface area contributed by atoms with Gasteiger partial charge in [-0.05, 0) is 0 Å². The van der Waals surface area contributed by atoms with Crippen LogP contribution in [0.1, 0.15) is 0 Å². The normalized spacial score (nSPS) is 12.3. The number of ether oxygens (including phenoxy) is 1. The zero-order valence-electron chi connectivity index (χ0n) is 7.86. The van der Waals surface area contributed by atoms with Crippen molar-refractivity contribution in [3.05, 3.63) is 0 Å². The zero-order valence-corrected chi connectivity index (χ0v) is 8.67. The van der Waals surface area contributed by atoms with Gasteiger partial charge in [-0.1, -0.05) is 0 Å². The van der Waals surface area contributed by atoms with Crippen LogP contribution in [0.15, 0.2) is 0 Å². The minimum atomic E-state index is -3.45. The molecule has 0 aliphatic carbocycles. The van der Waals surface area contributed by atoms with E-state index >= 15 is 0 Å². The molecule has 80 valence electrons. The summed E-state index contributed by atoms with van der Waals surface area (Å²) in [7, 11) is -0.565. The van der Waals surface area contributed by atoms with Gasteiger partial charge < -0.3 is 9.84 Å². The largest absolute Gasteiger partial charge is 0.395 e. The maximum Gasteiger partial charge on any atom is 0.279 e. The Morgan fingerprint density at radius 2 is 2.15 bits per heavy atom. The molecule has 0 aromatic rings. The van der Waals surface area contributed by atoms with Crippen molar-refractivity contribution in [3.8, 4) is 0 Å². The third-order valence-electron chi connectivity index (χ3n) is 1.42. The van der Waals surface area contributed by atoms with E-state index in [1.165, 1.54) is 14.2 Å². The van der Waals surface area contributed by atoms with E-state index in [2.05, 4.69) is 9.46 Å². The van der Waals surface area contributed by atoms with E-state index in [-0.39, 0.29) is 19.7 Å². The highest BCUT2D eigenvalue weighted by atomic mass is 32.2. The zero-order chi connectivity index (χ0) is 10.3. The highest BCUT2D eigenvalue weighted by molar-refractivity contribution is 7.87.